The van der Waals surface area contributed by atoms with E-state index in [0.29, 0.717) is 0 Å². The molecule has 0 atom stereocenters. The number of aromatic carboxylic acids is 1. The highest BCUT2D eigenvalue weighted by Gasteiger charge is 1.97. The first-order valence-corrected chi connectivity index (χ1v) is 2.27. The van der Waals surface area contributed by atoms with Crippen LogP contribution in [0.2, 0.25) is 0 Å². The molecular weight excluding hydrogens is 122 g/mol. The predicted molar refractivity (Wildman–Crippen MR) is 25.3 cm³/mol. The molecule has 0 aliphatic heterocycles. The summed E-state index contributed by atoms with van der Waals surface area (Å²) in [6.07, 6.45) is 1.30. The maximum Gasteiger partial charge on any atom is 0.179 e. The number of nitrogens with zero attached hydrogens (tertiary/aromatic N) is 3. The van der Waals surface area contributed by atoms with Crippen LogP contribution in [-0.4, -0.2) is 20.7 Å². The van der Waals surface area contributed by atoms with Gasteiger partial charge in [0.05, 0.1) is 0 Å². The molecule has 1 aromatic rings. The van der Waals surface area contributed by atoms with E-state index >= 15 is 0 Å². The summed E-state index contributed by atoms with van der Waals surface area (Å²) in [5, 5.41) is 16.6. The van der Waals surface area contributed by atoms with E-state index in [1.807, 2.05) is 0 Å². The molecule has 1 aromatic heterocycles. The van der Waals surface area contributed by atoms with Crippen molar-refractivity contribution in [3.63, 3.8) is 0 Å². The van der Waals surface area contributed by atoms with Gasteiger partial charge in [0.15, 0.2) is 5.82 Å². The molecular formula is C4H4N3O2-. The normalized spacial score (nSPS) is 9.44. The molecule has 1 heterocycles. The zero-order valence-electron chi connectivity index (χ0n) is 4.74. The van der Waals surface area contributed by atoms with Crippen molar-refractivity contribution in [3.8, 4) is 0 Å². The van der Waals surface area contributed by atoms with Crippen molar-refractivity contribution in [1.29, 1.82) is 0 Å². The smallest absolute Gasteiger partial charge is 0.179 e. The van der Waals surface area contributed by atoms with Crippen LogP contribution in [-0.2, 0) is 7.05 Å². The van der Waals surface area contributed by atoms with Gasteiger partial charge >= 0.3 is 0 Å². The van der Waals surface area contributed by atoms with E-state index in [9.17, 15) is 9.90 Å². The highest BCUT2D eigenvalue weighted by atomic mass is 16.4. The zero-order valence-corrected chi connectivity index (χ0v) is 4.74. The van der Waals surface area contributed by atoms with Crippen molar-refractivity contribution < 1.29 is 9.90 Å². The molecule has 48 valence electrons. The van der Waals surface area contributed by atoms with Crippen LogP contribution in [0.1, 0.15) is 10.6 Å². The van der Waals surface area contributed by atoms with Crippen LogP contribution >= 0.6 is 0 Å². The van der Waals surface area contributed by atoms with E-state index in [4.69, 9.17) is 0 Å². The molecule has 9 heavy (non-hydrogen) atoms. The van der Waals surface area contributed by atoms with Crippen molar-refractivity contribution in [2.24, 2.45) is 7.05 Å². The van der Waals surface area contributed by atoms with Gasteiger partial charge in [-0.25, -0.2) is 0 Å². The fourth-order valence-electron chi connectivity index (χ4n) is 0.468. The third-order valence-corrected chi connectivity index (χ3v) is 0.894. The topological polar surface area (TPSA) is 70.8 Å². The summed E-state index contributed by atoms with van der Waals surface area (Å²) in [4.78, 5) is 10.0. The molecule has 0 fully saturated rings. The van der Waals surface area contributed by atoms with Crippen molar-refractivity contribution in [3.05, 3.63) is 12.2 Å². The van der Waals surface area contributed by atoms with E-state index in [0.717, 1.165) is 0 Å². The first kappa shape index (κ1) is 5.74. The number of aryl methyl sites for hydroxylation is 1. The summed E-state index contributed by atoms with van der Waals surface area (Å²) in [6, 6.07) is 0. The highest BCUT2D eigenvalue weighted by molar-refractivity contribution is 5.81. The Labute approximate surface area is 50.9 Å². The lowest BCUT2D eigenvalue weighted by Crippen LogP contribution is -2.25. The van der Waals surface area contributed by atoms with Crippen molar-refractivity contribution in [2.45, 2.75) is 0 Å². The average Bonchev–Trinajstić information content (AvgIpc) is 2.13. The van der Waals surface area contributed by atoms with Crippen LogP contribution in [0.3, 0.4) is 0 Å². The minimum absolute atomic E-state index is 0.157. The summed E-state index contributed by atoms with van der Waals surface area (Å²) in [6.45, 7) is 0. The average molecular weight is 126 g/mol. The van der Waals surface area contributed by atoms with Crippen LogP contribution in [0.15, 0.2) is 6.33 Å². The summed E-state index contributed by atoms with van der Waals surface area (Å²) in [5.41, 5.74) is 0. The van der Waals surface area contributed by atoms with E-state index in [2.05, 4.69) is 10.2 Å². The third kappa shape index (κ3) is 0.883. The maximum absolute atomic E-state index is 10.0. The van der Waals surface area contributed by atoms with Crippen molar-refractivity contribution >= 4 is 5.97 Å². The van der Waals surface area contributed by atoms with Gasteiger partial charge in [-0.15, -0.1) is 10.2 Å². The van der Waals surface area contributed by atoms with E-state index in [-0.39, 0.29) is 5.82 Å². The maximum atomic E-state index is 10.0. The van der Waals surface area contributed by atoms with Gasteiger partial charge in [0.2, 0.25) is 0 Å². The second-order valence-electron chi connectivity index (χ2n) is 1.55. The number of rotatable bonds is 1. The molecule has 0 aromatic carbocycles. The van der Waals surface area contributed by atoms with E-state index in [1.54, 1.807) is 0 Å². The lowest BCUT2D eigenvalue weighted by molar-refractivity contribution is -0.256. The minimum atomic E-state index is -1.31. The molecule has 0 saturated carbocycles. The largest absolute Gasteiger partial charge is 0.541 e. The zero-order chi connectivity index (χ0) is 6.85. The van der Waals surface area contributed by atoms with Gasteiger partial charge in [0.25, 0.3) is 0 Å². The number of carboxylic acids is 1. The molecule has 5 heteroatoms. The Balaban J connectivity index is 3.08. The number of hydrogen-bond donors (Lipinski definition) is 0. The summed E-state index contributed by atoms with van der Waals surface area (Å²) >= 11 is 0. The molecule has 0 radical (unpaired) electrons. The summed E-state index contributed by atoms with van der Waals surface area (Å²) in [7, 11) is 1.53. The first-order chi connectivity index (χ1) is 4.22. The molecule has 0 N–H and O–H groups in total. The second-order valence-corrected chi connectivity index (χ2v) is 1.55. The lowest BCUT2D eigenvalue weighted by Gasteiger charge is -1.97. The molecule has 0 saturated heterocycles. The molecule has 5 nitrogen and oxygen atoms in total. The van der Waals surface area contributed by atoms with Gasteiger partial charge in [0.1, 0.15) is 12.3 Å². The fourth-order valence-corrected chi connectivity index (χ4v) is 0.468. The Bertz CT molecular complexity index is 229. The molecule has 1 rings (SSSR count). The van der Waals surface area contributed by atoms with Gasteiger partial charge < -0.3 is 14.5 Å². The predicted octanol–water partition coefficient (Wildman–Crippen LogP) is -1.82. The number of hydrogen-bond acceptors (Lipinski definition) is 4. The Kier molecular flexibility index (Phi) is 1.18. The number of aromatic nitrogens is 3. The van der Waals surface area contributed by atoms with Crippen LogP contribution in [0, 0.1) is 0 Å². The summed E-state index contributed by atoms with van der Waals surface area (Å²) < 4.78 is 1.27. The van der Waals surface area contributed by atoms with Crippen molar-refractivity contribution in [1.82, 2.24) is 14.8 Å². The molecule has 0 unspecified atom stereocenters. The molecule has 0 aliphatic carbocycles. The monoisotopic (exact) mass is 126 g/mol. The second kappa shape index (κ2) is 1.85. The van der Waals surface area contributed by atoms with Gasteiger partial charge in [-0.2, -0.15) is 0 Å². The van der Waals surface area contributed by atoms with Gasteiger partial charge in [-0.05, 0) is 0 Å². The van der Waals surface area contributed by atoms with Gasteiger partial charge in [-0.1, -0.05) is 0 Å². The Morgan fingerprint density at radius 1 is 1.89 bits per heavy atom. The number of carbonyl (C=O) groups excluding carboxylic acids is 1. The quantitative estimate of drug-likeness (QED) is 0.444. The van der Waals surface area contributed by atoms with Crippen LogP contribution in [0.5, 0.6) is 0 Å². The van der Waals surface area contributed by atoms with Gasteiger partial charge in [-0.3, -0.25) is 0 Å². The van der Waals surface area contributed by atoms with E-state index in [1.165, 1.54) is 17.9 Å². The molecule has 0 spiro atoms. The van der Waals surface area contributed by atoms with Crippen molar-refractivity contribution in [2.75, 3.05) is 0 Å². The van der Waals surface area contributed by atoms with Crippen LogP contribution in [0.25, 0.3) is 0 Å². The van der Waals surface area contributed by atoms with Crippen LogP contribution in [0.4, 0.5) is 0 Å². The minimum Gasteiger partial charge on any atom is -0.541 e. The number of carbonyl (C=O) groups is 1. The van der Waals surface area contributed by atoms with E-state index < -0.39 is 5.97 Å². The van der Waals surface area contributed by atoms with Crippen LogP contribution < -0.4 is 5.11 Å². The lowest BCUT2D eigenvalue weighted by atomic mass is 10.6. The van der Waals surface area contributed by atoms with Gasteiger partial charge in [0, 0.05) is 7.05 Å². The molecule has 0 aliphatic rings. The fraction of sp³-hybridized carbons (Fsp3) is 0.250. The summed E-state index contributed by atoms with van der Waals surface area (Å²) in [5.74, 6) is -1.47. The molecule has 0 amide bonds. The SMILES string of the molecule is Cn1cnnc1C(=O)[O-]. The Morgan fingerprint density at radius 3 is 2.78 bits per heavy atom. The highest BCUT2D eigenvalue weighted by Crippen LogP contribution is 1.85. The Morgan fingerprint density at radius 2 is 2.56 bits per heavy atom. The Hall–Kier alpha value is -1.39. The standard InChI is InChI=1S/C4H5N3O2/c1-7-2-5-6-3(7)4(8)9/h2H,1H3,(H,8,9)/p-1. The third-order valence-electron chi connectivity index (χ3n) is 0.894. The first-order valence-electron chi connectivity index (χ1n) is 2.27. The number of carboxylic acid groups (broad SMARTS) is 1. The molecule has 0 bridgehead atoms.